The van der Waals surface area contributed by atoms with Gasteiger partial charge in [-0.2, -0.15) is 9.97 Å². The minimum atomic E-state index is 0.518. The van der Waals surface area contributed by atoms with Gasteiger partial charge in [-0.3, -0.25) is 0 Å². The summed E-state index contributed by atoms with van der Waals surface area (Å²) < 4.78 is 1.97. The summed E-state index contributed by atoms with van der Waals surface area (Å²) in [5.74, 6) is 2.05. The first-order valence-corrected chi connectivity index (χ1v) is 6.31. The van der Waals surface area contributed by atoms with Gasteiger partial charge in [0, 0.05) is 13.6 Å². The number of aromatic amines is 1. The fourth-order valence-electron chi connectivity index (χ4n) is 1.92. The van der Waals surface area contributed by atoms with Crippen LogP contribution < -0.4 is 10.6 Å². The SMILES string of the molecule is CCn1cnnc1CNc1nc(NC)nc2nc[nH]c12. The number of nitrogens with one attached hydrogen (secondary N) is 3. The van der Waals surface area contributed by atoms with Crippen molar-refractivity contribution in [2.45, 2.75) is 20.0 Å². The number of hydrogen-bond donors (Lipinski definition) is 3. The van der Waals surface area contributed by atoms with Gasteiger partial charge in [0.05, 0.1) is 12.9 Å². The zero-order chi connectivity index (χ0) is 13.9. The number of aromatic nitrogens is 7. The van der Waals surface area contributed by atoms with Gasteiger partial charge in [-0.15, -0.1) is 10.2 Å². The van der Waals surface area contributed by atoms with Gasteiger partial charge < -0.3 is 20.2 Å². The predicted molar refractivity (Wildman–Crippen MR) is 74.3 cm³/mol. The Bertz CT molecular complexity index is 714. The number of H-pyrrole nitrogens is 1. The van der Waals surface area contributed by atoms with Crippen LogP contribution in [-0.4, -0.2) is 41.7 Å². The molecule has 0 saturated heterocycles. The van der Waals surface area contributed by atoms with E-state index in [0.717, 1.165) is 17.9 Å². The lowest BCUT2D eigenvalue weighted by Gasteiger charge is -2.08. The standard InChI is InChI=1S/C11H15N9/c1-3-20-6-16-19-7(20)4-13-9-8-10(15-5-14-8)18-11(12-2)17-9/h5-6H,3-4H2,1-2H3,(H3,12,13,14,15,17,18). The maximum atomic E-state index is 4.38. The first-order chi connectivity index (χ1) is 9.81. The van der Waals surface area contributed by atoms with Gasteiger partial charge in [0.15, 0.2) is 17.3 Å². The quantitative estimate of drug-likeness (QED) is 0.625. The second-order valence-corrected chi connectivity index (χ2v) is 4.13. The Balaban J connectivity index is 1.88. The Morgan fingerprint density at radius 1 is 1.35 bits per heavy atom. The van der Waals surface area contributed by atoms with Gasteiger partial charge >= 0.3 is 0 Å². The summed E-state index contributed by atoms with van der Waals surface area (Å²) in [4.78, 5) is 15.8. The monoisotopic (exact) mass is 273 g/mol. The highest BCUT2D eigenvalue weighted by Crippen LogP contribution is 2.18. The van der Waals surface area contributed by atoms with E-state index in [4.69, 9.17) is 0 Å². The van der Waals surface area contributed by atoms with Crippen LogP contribution in [0.4, 0.5) is 11.8 Å². The Morgan fingerprint density at radius 3 is 3.05 bits per heavy atom. The molecule has 0 atom stereocenters. The molecule has 0 aliphatic rings. The van der Waals surface area contributed by atoms with Crippen LogP contribution in [0.5, 0.6) is 0 Å². The largest absolute Gasteiger partial charge is 0.361 e. The molecule has 0 aliphatic carbocycles. The lowest BCUT2D eigenvalue weighted by atomic mass is 10.4. The van der Waals surface area contributed by atoms with E-state index in [1.54, 1.807) is 19.7 Å². The highest BCUT2D eigenvalue weighted by Gasteiger charge is 2.10. The second-order valence-electron chi connectivity index (χ2n) is 4.13. The molecule has 0 aliphatic heterocycles. The zero-order valence-electron chi connectivity index (χ0n) is 11.3. The highest BCUT2D eigenvalue weighted by atomic mass is 15.3. The summed E-state index contributed by atoms with van der Waals surface area (Å²) in [7, 11) is 1.77. The highest BCUT2D eigenvalue weighted by molar-refractivity contribution is 5.83. The van der Waals surface area contributed by atoms with Crippen LogP contribution in [0.15, 0.2) is 12.7 Å². The second kappa shape index (κ2) is 5.11. The Hall–Kier alpha value is -2.71. The van der Waals surface area contributed by atoms with E-state index >= 15 is 0 Å². The Labute approximate surface area is 114 Å². The molecule has 0 fully saturated rings. The minimum absolute atomic E-state index is 0.518. The molecule has 9 heteroatoms. The number of nitrogens with zero attached hydrogens (tertiary/aromatic N) is 6. The van der Waals surface area contributed by atoms with Crippen LogP contribution in [0.25, 0.3) is 11.2 Å². The first kappa shape index (κ1) is 12.3. The van der Waals surface area contributed by atoms with E-state index in [1.165, 1.54) is 0 Å². The molecule has 9 nitrogen and oxygen atoms in total. The molecule has 3 heterocycles. The molecular weight excluding hydrogens is 258 g/mol. The van der Waals surface area contributed by atoms with E-state index < -0.39 is 0 Å². The summed E-state index contributed by atoms with van der Waals surface area (Å²) in [6, 6.07) is 0. The third-order valence-corrected chi connectivity index (χ3v) is 2.96. The van der Waals surface area contributed by atoms with Crippen molar-refractivity contribution in [1.29, 1.82) is 0 Å². The lowest BCUT2D eigenvalue weighted by molar-refractivity contribution is 0.707. The van der Waals surface area contributed by atoms with Crippen molar-refractivity contribution in [3.8, 4) is 0 Å². The summed E-state index contributed by atoms with van der Waals surface area (Å²) in [6.45, 7) is 3.40. The molecule has 0 bridgehead atoms. The van der Waals surface area contributed by atoms with Gasteiger partial charge in [-0.05, 0) is 6.92 Å². The van der Waals surface area contributed by atoms with Crippen molar-refractivity contribution in [1.82, 2.24) is 34.7 Å². The van der Waals surface area contributed by atoms with Crippen LogP contribution in [0, 0.1) is 0 Å². The topological polar surface area (TPSA) is 109 Å². The molecule has 0 radical (unpaired) electrons. The van der Waals surface area contributed by atoms with E-state index in [0.29, 0.717) is 24.0 Å². The van der Waals surface area contributed by atoms with Gasteiger partial charge in [-0.1, -0.05) is 0 Å². The van der Waals surface area contributed by atoms with Gasteiger partial charge in [-0.25, -0.2) is 4.98 Å². The van der Waals surface area contributed by atoms with Gasteiger partial charge in [0.2, 0.25) is 5.95 Å². The van der Waals surface area contributed by atoms with Crippen LogP contribution in [0.1, 0.15) is 12.7 Å². The molecule has 0 saturated carbocycles. The molecule has 20 heavy (non-hydrogen) atoms. The normalized spacial score (nSPS) is 10.9. The fraction of sp³-hybridized carbons (Fsp3) is 0.364. The summed E-state index contributed by atoms with van der Waals surface area (Å²) in [6.07, 6.45) is 3.31. The van der Waals surface area contributed by atoms with E-state index in [1.807, 2.05) is 11.5 Å². The number of hydrogen-bond acceptors (Lipinski definition) is 7. The summed E-state index contributed by atoms with van der Waals surface area (Å²) >= 11 is 0. The first-order valence-electron chi connectivity index (χ1n) is 6.31. The predicted octanol–water partition coefficient (Wildman–Crippen LogP) is 0.618. The zero-order valence-corrected chi connectivity index (χ0v) is 11.3. The number of aryl methyl sites for hydroxylation is 1. The third-order valence-electron chi connectivity index (χ3n) is 2.96. The maximum Gasteiger partial charge on any atom is 0.226 e. The van der Waals surface area contributed by atoms with Crippen molar-refractivity contribution < 1.29 is 0 Å². The van der Waals surface area contributed by atoms with E-state index in [9.17, 15) is 0 Å². The Kier molecular flexibility index (Phi) is 3.15. The maximum absolute atomic E-state index is 4.38. The fourth-order valence-corrected chi connectivity index (χ4v) is 1.92. The van der Waals surface area contributed by atoms with Crippen molar-refractivity contribution in [3.63, 3.8) is 0 Å². The van der Waals surface area contributed by atoms with Gasteiger partial charge in [0.1, 0.15) is 11.8 Å². The number of imidazole rings is 1. The molecule has 3 aromatic rings. The average molecular weight is 273 g/mol. The van der Waals surface area contributed by atoms with Crippen molar-refractivity contribution in [3.05, 3.63) is 18.5 Å². The Morgan fingerprint density at radius 2 is 2.25 bits per heavy atom. The minimum Gasteiger partial charge on any atom is -0.361 e. The molecule has 3 N–H and O–H groups in total. The molecule has 0 unspecified atom stereocenters. The molecular formula is C11H15N9. The van der Waals surface area contributed by atoms with E-state index in [-0.39, 0.29) is 0 Å². The molecule has 104 valence electrons. The lowest BCUT2D eigenvalue weighted by Crippen LogP contribution is -2.10. The smallest absolute Gasteiger partial charge is 0.226 e. The van der Waals surface area contributed by atoms with Crippen LogP contribution in [-0.2, 0) is 13.1 Å². The summed E-state index contributed by atoms with van der Waals surface area (Å²) in [5, 5.41) is 14.1. The number of fused-ring (bicyclic) bond motifs is 1. The summed E-state index contributed by atoms with van der Waals surface area (Å²) in [5.41, 5.74) is 1.38. The third kappa shape index (κ3) is 2.13. The molecule has 3 aromatic heterocycles. The van der Waals surface area contributed by atoms with Crippen molar-refractivity contribution in [2.24, 2.45) is 0 Å². The van der Waals surface area contributed by atoms with Gasteiger partial charge in [0.25, 0.3) is 0 Å². The number of anilines is 2. The van der Waals surface area contributed by atoms with Crippen LogP contribution in [0.2, 0.25) is 0 Å². The van der Waals surface area contributed by atoms with Crippen molar-refractivity contribution in [2.75, 3.05) is 17.7 Å². The average Bonchev–Trinajstić information content (AvgIpc) is 3.12. The molecule has 0 spiro atoms. The van der Waals surface area contributed by atoms with E-state index in [2.05, 4.69) is 40.8 Å². The number of rotatable bonds is 5. The van der Waals surface area contributed by atoms with Crippen LogP contribution in [0.3, 0.4) is 0 Å². The van der Waals surface area contributed by atoms with Crippen molar-refractivity contribution >= 4 is 22.9 Å². The van der Waals surface area contributed by atoms with Crippen LogP contribution >= 0.6 is 0 Å². The molecule has 3 rings (SSSR count). The molecule has 0 amide bonds. The molecule has 0 aromatic carbocycles.